The molecule has 3 rings (SSSR count). The largest absolute Gasteiger partial charge is 0.395 e. The normalized spacial score (nSPS) is 17.8. The van der Waals surface area contributed by atoms with Crippen LogP contribution in [-0.2, 0) is 18.3 Å². The first kappa shape index (κ1) is 14.9. The van der Waals surface area contributed by atoms with E-state index in [1.165, 1.54) is 0 Å². The van der Waals surface area contributed by atoms with Gasteiger partial charge in [-0.1, -0.05) is 0 Å². The molecule has 118 valence electrons. The molecule has 0 aliphatic carbocycles. The maximum Gasteiger partial charge on any atom is 0.132 e. The lowest BCUT2D eigenvalue weighted by atomic mass is 10.0. The predicted molar refractivity (Wildman–Crippen MR) is 81.6 cm³/mol. The third-order valence-corrected chi connectivity index (χ3v) is 3.97. The minimum Gasteiger partial charge on any atom is -0.395 e. The molecule has 0 aromatic carbocycles. The first-order valence-corrected chi connectivity index (χ1v) is 7.49. The Labute approximate surface area is 129 Å². The van der Waals surface area contributed by atoms with Gasteiger partial charge in [-0.25, -0.2) is 15.0 Å². The summed E-state index contributed by atoms with van der Waals surface area (Å²) in [6, 6.07) is 2.00. The van der Waals surface area contributed by atoms with Gasteiger partial charge in [-0.2, -0.15) is 0 Å². The third kappa shape index (κ3) is 3.26. The van der Waals surface area contributed by atoms with Crippen LogP contribution in [0.3, 0.4) is 0 Å². The van der Waals surface area contributed by atoms with Crippen molar-refractivity contribution in [2.45, 2.75) is 18.9 Å². The molecule has 22 heavy (non-hydrogen) atoms. The van der Waals surface area contributed by atoms with Gasteiger partial charge in [0.05, 0.1) is 25.5 Å². The molecule has 3 heterocycles. The van der Waals surface area contributed by atoms with Gasteiger partial charge in [-0.15, -0.1) is 0 Å². The molecule has 2 aromatic rings. The highest BCUT2D eigenvalue weighted by Gasteiger charge is 2.21. The summed E-state index contributed by atoms with van der Waals surface area (Å²) in [7, 11) is 1.96. The van der Waals surface area contributed by atoms with Gasteiger partial charge in [-0.3, -0.25) is 0 Å². The minimum atomic E-state index is 0.0658. The van der Waals surface area contributed by atoms with E-state index in [4.69, 9.17) is 4.74 Å². The van der Waals surface area contributed by atoms with E-state index < -0.39 is 0 Å². The summed E-state index contributed by atoms with van der Waals surface area (Å²) in [4.78, 5) is 15.1. The van der Waals surface area contributed by atoms with Crippen LogP contribution in [0, 0.1) is 0 Å². The number of rotatable bonds is 6. The Morgan fingerprint density at radius 2 is 2.32 bits per heavy atom. The molecule has 0 saturated carbocycles. The van der Waals surface area contributed by atoms with Crippen molar-refractivity contribution in [2.24, 2.45) is 7.05 Å². The number of nitrogens with zero attached hydrogens (tertiary/aromatic N) is 5. The van der Waals surface area contributed by atoms with E-state index in [9.17, 15) is 5.11 Å². The van der Waals surface area contributed by atoms with E-state index in [0.717, 1.165) is 37.0 Å². The number of aromatic nitrogens is 4. The van der Waals surface area contributed by atoms with Crippen LogP contribution in [-0.4, -0.2) is 51.0 Å². The Kier molecular flexibility index (Phi) is 4.65. The fourth-order valence-electron chi connectivity index (χ4n) is 2.64. The molecule has 1 fully saturated rings. The molecular formula is C15H21N5O2. The summed E-state index contributed by atoms with van der Waals surface area (Å²) in [5, 5.41) is 9.34. The lowest BCUT2D eigenvalue weighted by Crippen LogP contribution is -2.28. The van der Waals surface area contributed by atoms with Crippen molar-refractivity contribution < 1.29 is 9.84 Å². The van der Waals surface area contributed by atoms with Crippen LogP contribution in [0.5, 0.6) is 0 Å². The van der Waals surface area contributed by atoms with E-state index in [2.05, 4.69) is 15.0 Å². The summed E-state index contributed by atoms with van der Waals surface area (Å²) >= 11 is 0. The van der Waals surface area contributed by atoms with Gasteiger partial charge in [0.25, 0.3) is 0 Å². The lowest BCUT2D eigenvalue weighted by Gasteiger charge is -2.23. The molecular weight excluding hydrogens is 282 g/mol. The maximum atomic E-state index is 9.34. The van der Waals surface area contributed by atoms with Crippen molar-refractivity contribution in [1.29, 1.82) is 0 Å². The van der Waals surface area contributed by atoms with Gasteiger partial charge in [0.1, 0.15) is 18.0 Å². The van der Waals surface area contributed by atoms with E-state index in [0.29, 0.717) is 19.0 Å². The topological polar surface area (TPSA) is 76.3 Å². The summed E-state index contributed by atoms with van der Waals surface area (Å²) in [6.07, 6.45) is 6.27. The van der Waals surface area contributed by atoms with Gasteiger partial charge >= 0.3 is 0 Å². The highest BCUT2D eigenvalue weighted by atomic mass is 16.5. The number of hydrogen-bond donors (Lipinski definition) is 1. The molecule has 1 atom stereocenters. The summed E-state index contributed by atoms with van der Waals surface area (Å²) in [5.41, 5.74) is 1.00. The highest BCUT2D eigenvalue weighted by molar-refractivity contribution is 5.40. The zero-order valence-corrected chi connectivity index (χ0v) is 12.7. The van der Waals surface area contributed by atoms with Gasteiger partial charge in [0.15, 0.2) is 0 Å². The Balaban J connectivity index is 1.81. The van der Waals surface area contributed by atoms with Crippen molar-refractivity contribution in [1.82, 2.24) is 19.5 Å². The molecule has 7 heteroatoms. The monoisotopic (exact) mass is 303 g/mol. The van der Waals surface area contributed by atoms with Crippen molar-refractivity contribution in [2.75, 3.05) is 31.3 Å². The second-order valence-corrected chi connectivity index (χ2v) is 5.46. The number of ether oxygens (including phenoxy) is 1. The highest BCUT2D eigenvalue weighted by Crippen LogP contribution is 2.25. The average Bonchev–Trinajstić information content (AvgIpc) is 3.19. The lowest BCUT2D eigenvalue weighted by molar-refractivity contribution is 0.193. The van der Waals surface area contributed by atoms with Crippen LogP contribution >= 0.6 is 0 Å². The number of aliphatic hydroxyl groups excluding tert-OH is 1. The first-order chi connectivity index (χ1) is 10.8. The molecule has 0 bridgehead atoms. The number of anilines is 1. The number of imidazole rings is 1. The van der Waals surface area contributed by atoms with Crippen molar-refractivity contribution in [3.63, 3.8) is 0 Å². The van der Waals surface area contributed by atoms with Gasteiger partial charge < -0.3 is 19.3 Å². The number of aryl methyl sites for hydroxylation is 1. The fraction of sp³-hybridized carbons (Fsp3) is 0.533. The number of hydrogen-bond acceptors (Lipinski definition) is 6. The van der Waals surface area contributed by atoms with Crippen LogP contribution in [0.25, 0.3) is 0 Å². The van der Waals surface area contributed by atoms with Crippen LogP contribution < -0.4 is 4.90 Å². The van der Waals surface area contributed by atoms with Crippen LogP contribution in [0.2, 0.25) is 0 Å². The molecule has 1 aliphatic rings. The third-order valence-electron chi connectivity index (χ3n) is 3.97. The molecule has 1 saturated heterocycles. The Hall–Kier alpha value is -1.99. The van der Waals surface area contributed by atoms with Gasteiger partial charge in [0.2, 0.25) is 0 Å². The van der Waals surface area contributed by atoms with Crippen molar-refractivity contribution in [3.8, 4) is 0 Å². The van der Waals surface area contributed by atoms with Crippen LogP contribution in [0.15, 0.2) is 24.8 Å². The summed E-state index contributed by atoms with van der Waals surface area (Å²) in [5.74, 6) is 2.08. The fourth-order valence-corrected chi connectivity index (χ4v) is 2.64. The first-order valence-electron chi connectivity index (χ1n) is 7.49. The SMILES string of the molecule is Cn1ccnc1CN(CCO)c1cc(C2CCOC2)ncn1. The predicted octanol–water partition coefficient (Wildman–Crippen LogP) is 0.713. The molecule has 0 amide bonds. The smallest absolute Gasteiger partial charge is 0.132 e. The molecule has 2 aromatic heterocycles. The Bertz CT molecular complexity index is 609. The molecule has 7 nitrogen and oxygen atoms in total. The van der Waals surface area contributed by atoms with Gasteiger partial charge in [-0.05, 0) is 6.42 Å². The second kappa shape index (κ2) is 6.85. The molecule has 0 radical (unpaired) electrons. The maximum absolute atomic E-state index is 9.34. The van der Waals surface area contributed by atoms with E-state index in [1.807, 2.05) is 28.8 Å². The molecule has 1 N–H and O–H groups in total. The summed E-state index contributed by atoms with van der Waals surface area (Å²) in [6.45, 7) is 2.68. The zero-order chi connectivity index (χ0) is 15.4. The standard InChI is InChI=1S/C15H21N5O2/c1-19-4-3-16-15(19)9-20(5-6-21)14-8-13(17-11-18-14)12-2-7-22-10-12/h3-4,8,11-12,21H,2,5-7,9-10H2,1H3. The van der Waals surface area contributed by atoms with E-state index >= 15 is 0 Å². The second-order valence-electron chi connectivity index (χ2n) is 5.46. The zero-order valence-electron chi connectivity index (χ0n) is 12.7. The molecule has 0 spiro atoms. The molecule has 1 aliphatic heterocycles. The molecule has 1 unspecified atom stereocenters. The quantitative estimate of drug-likeness (QED) is 0.847. The summed E-state index contributed by atoms with van der Waals surface area (Å²) < 4.78 is 7.40. The van der Waals surface area contributed by atoms with E-state index in [1.54, 1.807) is 12.5 Å². The Morgan fingerprint density at radius 1 is 1.41 bits per heavy atom. The van der Waals surface area contributed by atoms with Crippen LogP contribution in [0.4, 0.5) is 5.82 Å². The van der Waals surface area contributed by atoms with Crippen LogP contribution in [0.1, 0.15) is 23.9 Å². The van der Waals surface area contributed by atoms with Crippen molar-refractivity contribution in [3.05, 3.63) is 36.3 Å². The minimum absolute atomic E-state index is 0.0658. The van der Waals surface area contributed by atoms with Crippen molar-refractivity contribution >= 4 is 5.82 Å². The van der Waals surface area contributed by atoms with E-state index in [-0.39, 0.29) is 6.61 Å². The average molecular weight is 303 g/mol. The van der Waals surface area contributed by atoms with Gasteiger partial charge in [0, 0.05) is 44.6 Å². The Morgan fingerprint density at radius 3 is 3.00 bits per heavy atom. The number of aliphatic hydroxyl groups is 1.